The molecule has 1 aromatic heterocycles. The number of pyridine rings is 1. The average Bonchev–Trinajstić information content (AvgIpc) is 1.91. The zero-order chi connectivity index (χ0) is 7.82. The first-order valence-electron chi connectivity index (χ1n) is 2.75. The van der Waals surface area contributed by atoms with Gasteiger partial charge in [0.25, 0.3) is 6.47 Å². The molecule has 0 atom stereocenters. The molecular formula is C7H10LiNO2. The Bertz CT molecular complexity index is 184. The van der Waals surface area contributed by atoms with E-state index in [-0.39, 0.29) is 26.8 Å². The summed E-state index contributed by atoms with van der Waals surface area (Å²) < 4.78 is 0. The molecule has 3 nitrogen and oxygen atoms in total. The molecule has 1 rings (SSSR count). The minimum absolute atomic E-state index is 0. The maximum absolute atomic E-state index is 8.36. The topological polar surface area (TPSA) is 50.2 Å². The molecule has 1 aromatic rings. The molecule has 0 amide bonds. The fourth-order valence-corrected chi connectivity index (χ4v) is 0.448. The molecule has 0 spiro atoms. The van der Waals surface area contributed by atoms with Crippen LogP contribution in [0.1, 0.15) is 6.99 Å². The minimum atomic E-state index is -0.250. The smallest absolute Gasteiger partial charge is 1.00 e. The first kappa shape index (κ1) is 12.9. The number of rotatable bonds is 0. The van der Waals surface area contributed by atoms with Crippen molar-refractivity contribution in [2.45, 2.75) is 6.92 Å². The molecule has 0 radical (unpaired) electrons. The van der Waals surface area contributed by atoms with Gasteiger partial charge in [-0.2, -0.15) is 0 Å². The zero-order valence-electron chi connectivity index (χ0n) is 7.69. The van der Waals surface area contributed by atoms with Crippen LogP contribution in [0.15, 0.2) is 24.5 Å². The van der Waals surface area contributed by atoms with Crippen molar-refractivity contribution >= 4 is 6.47 Å². The second kappa shape index (κ2) is 9.22. The Morgan fingerprint density at radius 3 is 2.45 bits per heavy atom. The van der Waals surface area contributed by atoms with Crippen LogP contribution in [0, 0.1) is 6.92 Å². The Balaban J connectivity index is -0.000000146. The fraction of sp³-hybridized carbons (Fsp3) is 0.143. The van der Waals surface area contributed by atoms with Crippen LogP contribution in [0.3, 0.4) is 0 Å². The minimum Gasteiger partial charge on any atom is -1.00 e. The molecule has 4 heteroatoms. The maximum Gasteiger partial charge on any atom is 1.00 e. The maximum atomic E-state index is 8.36. The molecule has 0 aliphatic heterocycles. The van der Waals surface area contributed by atoms with Crippen molar-refractivity contribution in [1.29, 1.82) is 0 Å². The number of carbonyl (C=O) groups is 1. The van der Waals surface area contributed by atoms with Gasteiger partial charge in [-0.15, -0.1) is 0 Å². The number of carboxylic acid groups (broad SMARTS) is 1. The zero-order valence-corrected chi connectivity index (χ0v) is 6.69. The quantitative estimate of drug-likeness (QED) is 0.348. The summed E-state index contributed by atoms with van der Waals surface area (Å²) in [5.74, 6) is 0. The van der Waals surface area contributed by atoms with E-state index in [0.717, 1.165) is 0 Å². The molecule has 0 aromatic carbocycles. The molecule has 0 aliphatic carbocycles. The molecule has 1 N–H and O–H groups in total. The molecule has 0 saturated carbocycles. The normalized spacial score (nSPS) is 6.64. The van der Waals surface area contributed by atoms with Gasteiger partial charge >= 0.3 is 18.9 Å². The van der Waals surface area contributed by atoms with Crippen molar-refractivity contribution in [2.24, 2.45) is 0 Å². The third-order valence-electron chi connectivity index (χ3n) is 0.809. The number of nitrogens with zero attached hydrogens (tertiary/aromatic N) is 1. The summed E-state index contributed by atoms with van der Waals surface area (Å²) in [5.41, 5.74) is 1.21. The van der Waals surface area contributed by atoms with E-state index in [1.165, 1.54) is 5.56 Å². The summed E-state index contributed by atoms with van der Waals surface area (Å²) in [6, 6.07) is 3.95. The molecule has 1 heterocycles. The van der Waals surface area contributed by atoms with E-state index in [4.69, 9.17) is 9.90 Å². The van der Waals surface area contributed by atoms with Gasteiger partial charge in [0.05, 0.1) is 0 Å². The monoisotopic (exact) mass is 147 g/mol. The number of aryl methyl sites for hydroxylation is 1. The van der Waals surface area contributed by atoms with Gasteiger partial charge in [0, 0.05) is 12.4 Å². The van der Waals surface area contributed by atoms with E-state index < -0.39 is 0 Å². The first-order valence-corrected chi connectivity index (χ1v) is 2.75. The van der Waals surface area contributed by atoms with Gasteiger partial charge in [0.1, 0.15) is 0 Å². The van der Waals surface area contributed by atoms with Crippen molar-refractivity contribution in [2.75, 3.05) is 0 Å². The van der Waals surface area contributed by atoms with Crippen LogP contribution in [-0.2, 0) is 4.79 Å². The van der Waals surface area contributed by atoms with Crippen LogP contribution in [0.25, 0.3) is 0 Å². The summed E-state index contributed by atoms with van der Waals surface area (Å²) in [6.07, 6.45) is 3.60. The molecule has 0 bridgehead atoms. The Morgan fingerprint density at radius 1 is 1.73 bits per heavy atom. The van der Waals surface area contributed by atoms with Gasteiger partial charge in [0.15, 0.2) is 0 Å². The molecule has 56 valence electrons. The van der Waals surface area contributed by atoms with E-state index in [9.17, 15) is 0 Å². The second-order valence-corrected chi connectivity index (χ2v) is 1.64. The predicted octanol–water partition coefficient (Wildman–Crippen LogP) is -1.79. The molecule has 0 unspecified atom stereocenters. The summed E-state index contributed by atoms with van der Waals surface area (Å²) in [4.78, 5) is 12.2. The van der Waals surface area contributed by atoms with Gasteiger partial charge in [-0.05, 0) is 18.6 Å². The van der Waals surface area contributed by atoms with E-state index >= 15 is 0 Å². The number of aromatic nitrogens is 1. The molecule has 11 heavy (non-hydrogen) atoms. The van der Waals surface area contributed by atoms with Crippen molar-refractivity contribution < 1.29 is 30.2 Å². The summed E-state index contributed by atoms with van der Waals surface area (Å²) in [7, 11) is 0. The van der Waals surface area contributed by atoms with Crippen LogP contribution in [0.2, 0.25) is 0 Å². The van der Waals surface area contributed by atoms with Crippen molar-refractivity contribution in [1.82, 2.24) is 4.98 Å². The second-order valence-electron chi connectivity index (χ2n) is 1.64. The van der Waals surface area contributed by atoms with Gasteiger partial charge in [-0.25, -0.2) is 0 Å². The summed E-state index contributed by atoms with van der Waals surface area (Å²) in [6.45, 7) is 1.77. The number of hydrogen-bond donors (Lipinski definition) is 1. The molecular weight excluding hydrogens is 137 g/mol. The Labute approximate surface area is 79.1 Å². The van der Waals surface area contributed by atoms with Crippen LogP contribution >= 0.6 is 0 Å². The van der Waals surface area contributed by atoms with E-state index in [1.54, 1.807) is 6.20 Å². The van der Waals surface area contributed by atoms with Gasteiger partial charge in [0.2, 0.25) is 0 Å². The van der Waals surface area contributed by atoms with Crippen LogP contribution in [0.5, 0.6) is 0 Å². The molecule has 0 fully saturated rings. The van der Waals surface area contributed by atoms with Gasteiger partial charge in [-0.1, -0.05) is 6.07 Å². The largest absolute Gasteiger partial charge is 1.00 e. The number of hydrogen-bond acceptors (Lipinski definition) is 2. The first-order chi connectivity index (χ1) is 4.81. The van der Waals surface area contributed by atoms with E-state index in [0.29, 0.717) is 0 Å². The molecule has 0 saturated heterocycles. The van der Waals surface area contributed by atoms with Crippen LogP contribution in [0.4, 0.5) is 0 Å². The van der Waals surface area contributed by atoms with Crippen molar-refractivity contribution in [3.63, 3.8) is 0 Å². The van der Waals surface area contributed by atoms with E-state index in [1.807, 2.05) is 25.3 Å². The Kier molecular flexibility index (Phi) is 10.8. The van der Waals surface area contributed by atoms with E-state index in [2.05, 4.69) is 4.98 Å². The standard InChI is InChI=1S/C6H7N.CH2O2.Li.H/c1-6-3-2-4-7-5-6;2-1-3;;/h2-5H,1H3;1H,(H,2,3);;/q;;+1;-1. The SMILES string of the molecule is Cc1cccnc1.O=CO.[H-].[Li+]. The Hall–Kier alpha value is -0.783. The summed E-state index contributed by atoms with van der Waals surface area (Å²) >= 11 is 0. The summed E-state index contributed by atoms with van der Waals surface area (Å²) in [5, 5.41) is 6.89. The molecule has 0 aliphatic rings. The predicted molar refractivity (Wildman–Crippen MR) is 38.8 cm³/mol. The van der Waals surface area contributed by atoms with Gasteiger partial charge in [-0.3, -0.25) is 9.78 Å². The Morgan fingerprint density at radius 2 is 2.27 bits per heavy atom. The van der Waals surface area contributed by atoms with Gasteiger partial charge < -0.3 is 6.53 Å². The average molecular weight is 147 g/mol. The third kappa shape index (κ3) is 9.22. The van der Waals surface area contributed by atoms with Crippen LogP contribution in [-0.4, -0.2) is 16.6 Å². The van der Waals surface area contributed by atoms with Crippen molar-refractivity contribution in [3.8, 4) is 0 Å². The fourth-order valence-electron chi connectivity index (χ4n) is 0.448. The van der Waals surface area contributed by atoms with Crippen LogP contribution < -0.4 is 18.9 Å². The van der Waals surface area contributed by atoms with Crippen molar-refractivity contribution in [3.05, 3.63) is 30.1 Å². The third-order valence-corrected chi connectivity index (χ3v) is 0.809.